The van der Waals surface area contributed by atoms with E-state index >= 15 is 0 Å². The Labute approximate surface area is 70.3 Å². The van der Waals surface area contributed by atoms with Gasteiger partial charge < -0.3 is 10.0 Å². The highest BCUT2D eigenvalue weighted by Gasteiger charge is 2.25. The molecule has 0 aromatic carbocycles. The lowest BCUT2D eigenvalue weighted by atomic mass is 10.0. The summed E-state index contributed by atoms with van der Waals surface area (Å²) in [6, 6.07) is 0. The van der Waals surface area contributed by atoms with Crippen molar-refractivity contribution >= 4 is 15.9 Å². The minimum Gasteiger partial charge on any atom is -0.392 e. The van der Waals surface area contributed by atoms with Crippen molar-refractivity contribution < 1.29 is 5.11 Å². The summed E-state index contributed by atoms with van der Waals surface area (Å²) in [5.41, 5.74) is 0. The molecule has 0 radical (unpaired) electrons. The van der Waals surface area contributed by atoms with Gasteiger partial charge in [0.05, 0.1) is 6.10 Å². The topological polar surface area (TPSA) is 23.5 Å². The molecule has 2 atom stereocenters. The number of hydrogen-bond acceptors (Lipinski definition) is 2. The maximum Gasteiger partial charge on any atom is 0.0677 e. The average Bonchev–Trinajstić information content (AvgIpc) is 2.34. The SMILES string of the molecule is CN1CCC(C(O)CBr)C1. The molecule has 1 aliphatic heterocycles. The Bertz CT molecular complexity index is 110. The molecule has 2 nitrogen and oxygen atoms in total. The Morgan fingerprint density at radius 2 is 2.50 bits per heavy atom. The zero-order valence-corrected chi connectivity index (χ0v) is 7.84. The van der Waals surface area contributed by atoms with E-state index in [-0.39, 0.29) is 6.10 Å². The molecule has 2 unspecified atom stereocenters. The molecule has 0 saturated carbocycles. The van der Waals surface area contributed by atoms with E-state index in [0.717, 1.165) is 19.5 Å². The van der Waals surface area contributed by atoms with Crippen LogP contribution in [0.3, 0.4) is 0 Å². The summed E-state index contributed by atoms with van der Waals surface area (Å²) in [6.45, 7) is 2.18. The predicted molar refractivity (Wildman–Crippen MR) is 45.4 cm³/mol. The normalized spacial score (nSPS) is 30.9. The molecule has 10 heavy (non-hydrogen) atoms. The molecule has 0 aromatic rings. The minimum absolute atomic E-state index is 0.148. The number of halogens is 1. The molecule has 3 heteroatoms. The van der Waals surface area contributed by atoms with Gasteiger partial charge in [-0.1, -0.05) is 15.9 Å². The highest BCUT2D eigenvalue weighted by atomic mass is 79.9. The number of aliphatic hydroxyl groups is 1. The second-order valence-electron chi connectivity index (χ2n) is 3.03. The van der Waals surface area contributed by atoms with Crippen LogP contribution >= 0.6 is 15.9 Å². The van der Waals surface area contributed by atoms with Gasteiger partial charge in [0, 0.05) is 11.9 Å². The van der Waals surface area contributed by atoms with Gasteiger partial charge in [0.15, 0.2) is 0 Å². The first kappa shape index (κ1) is 8.50. The van der Waals surface area contributed by atoms with E-state index < -0.39 is 0 Å². The minimum atomic E-state index is -0.148. The molecule has 1 saturated heterocycles. The van der Waals surface area contributed by atoms with Gasteiger partial charge >= 0.3 is 0 Å². The van der Waals surface area contributed by atoms with Gasteiger partial charge in [0.2, 0.25) is 0 Å². The van der Waals surface area contributed by atoms with Crippen molar-refractivity contribution in [1.82, 2.24) is 4.90 Å². The molecule has 0 spiro atoms. The van der Waals surface area contributed by atoms with Gasteiger partial charge in [-0.05, 0) is 25.9 Å². The highest BCUT2D eigenvalue weighted by Crippen LogP contribution is 2.18. The fraction of sp³-hybridized carbons (Fsp3) is 1.00. The van der Waals surface area contributed by atoms with Gasteiger partial charge in [0.25, 0.3) is 0 Å². The average molecular weight is 208 g/mol. The van der Waals surface area contributed by atoms with Crippen molar-refractivity contribution in [1.29, 1.82) is 0 Å². The van der Waals surface area contributed by atoms with E-state index in [2.05, 4.69) is 27.9 Å². The second-order valence-corrected chi connectivity index (χ2v) is 3.68. The van der Waals surface area contributed by atoms with Crippen LogP contribution < -0.4 is 0 Å². The molecule has 0 aliphatic carbocycles. The second kappa shape index (κ2) is 3.69. The van der Waals surface area contributed by atoms with E-state index in [1.54, 1.807) is 0 Å². The Kier molecular flexibility index (Phi) is 3.14. The largest absolute Gasteiger partial charge is 0.392 e. The van der Waals surface area contributed by atoms with Crippen molar-refractivity contribution in [3.05, 3.63) is 0 Å². The lowest BCUT2D eigenvalue weighted by Crippen LogP contribution is -2.24. The van der Waals surface area contributed by atoms with E-state index in [1.807, 2.05) is 0 Å². The van der Waals surface area contributed by atoms with Crippen molar-refractivity contribution in [3.8, 4) is 0 Å². The molecule has 1 heterocycles. The van der Waals surface area contributed by atoms with Gasteiger partial charge in [-0.2, -0.15) is 0 Å². The molecule has 0 amide bonds. The van der Waals surface area contributed by atoms with Crippen LogP contribution in [0.15, 0.2) is 0 Å². The predicted octanol–water partition coefficient (Wildman–Crippen LogP) is 0.694. The van der Waals surface area contributed by atoms with Crippen molar-refractivity contribution in [2.75, 3.05) is 25.5 Å². The van der Waals surface area contributed by atoms with Gasteiger partial charge in [-0.25, -0.2) is 0 Å². The summed E-state index contributed by atoms with van der Waals surface area (Å²) in [6.07, 6.45) is 0.994. The summed E-state index contributed by atoms with van der Waals surface area (Å²) in [4.78, 5) is 2.26. The number of hydrogen-bond donors (Lipinski definition) is 1. The highest BCUT2D eigenvalue weighted by molar-refractivity contribution is 9.09. The Morgan fingerprint density at radius 3 is 2.90 bits per heavy atom. The van der Waals surface area contributed by atoms with Crippen LogP contribution in [0.5, 0.6) is 0 Å². The first-order chi connectivity index (χ1) is 4.74. The zero-order valence-electron chi connectivity index (χ0n) is 6.26. The summed E-state index contributed by atoms with van der Waals surface area (Å²) in [7, 11) is 2.10. The third-order valence-electron chi connectivity index (χ3n) is 2.13. The number of rotatable bonds is 2. The van der Waals surface area contributed by atoms with Crippen molar-refractivity contribution in [3.63, 3.8) is 0 Å². The van der Waals surface area contributed by atoms with Gasteiger partial charge in [-0.15, -0.1) is 0 Å². The van der Waals surface area contributed by atoms with Crippen LogP contribution in [0.4, 0.5) is 0 Å². The smallest absolute Gasteiger partial charge is 0.0677 e. The first-order valence-corrected chi connectivity index (χ1v) is 4.78. The Hall–Kier alpha value is 0.400. The summed E-state index contributed by atoms with van der Waals surface area (Å²) in [5, 5.41) is 10.1. The van der Waals surface area contributed by atoms with Crippen LogP contribution in [0.1, 0.15) is 6.42 Å². The maximum atomic E-state index is 9.40. The fourth-order valence-corrected chi connectivity index (χ4v) is 1.94. The number of likely N-dealkylation sites (tertiary alicyclic amines) is 1. The fourth-order valence-electron chi connectivity index (χ4n) is 1.41. The molecule has 1 rings (SSSR count). The van der Waals surface area contributed by atoms with Crippen LogP contribution in [0, 0.1) is 5.92 Å². The Morgan fingerprint density at radius 1 is 1.80 bits per heavy atom. The van der Waals surface area contributed by atoms with E-state index in [0.29, 0.717) is 11.2 Å². The van der Waals surface area contributed by atoms with E-state index in [1.165, 1.54) is 0 Å². The van der Waals surface area contributed by atoms with E-state index in [9.17, 15) is 5.11 Å². The third kappa shape index (κ3) is 1.94. The van der Waals surface area contributed by atoms with Crippen LogP contribution in [0.25, 0.3) is 0 Å². The van der Waals surface area contributed by atoms with Crippen LogP contribution in [-0.2, 0) is 0 Å². The van der Waals surface area contributed by atoms with Crippen molar-refractivity contribution in [2.24, 2.45) is 5.92 Å². The van der Waals surface area contributed by atoms with Crippen LogP contribution in [0.2, 0.25) is 0 Å². The molecule has 1 aliphatic rings. The van der Waals surface area contributed by atoms with Gasteiger partial charge in [0.1, 0.15) is 0 Å². The monoisotopic (exact) mass is 207 g/mol. The Balaban J connectivity index is 2.29. The zero-order chi connectivity index (χ0) is 7.56. The molecule has 60 valence electrons. The molecule has 1 N–H and O–H groups in total. The quantitative estimate of drug-likeness (QED) is 0.675. The van der Waals surface area contributed by atoms with Crippen molar-refractivity contribution in [2.45, 2.75) is 12.5 Å². The third-order valence-corrected chi connectivity index (χ3v) is 2.79. The number of alkyl halides is 1. The lowest BCUT2D eigenvalue weighted by Gasteiger charge is -2.14. The van der Waals surface area contributed by atoms with Gasteiger partial charge in [-0.3, -0.25) is 0 Å². The van der Waals surface area contributed by atoms with Crippen LogP contribution in [-0.4, -0.2) is 41.6 Å². The maximum absolute atomic E-state index is 9.40. The molecular formula is C7H14BrNO. The molecule has 0 aromatic heterocycles. The molecule has 0 bridgehead atoms. The molecular weight excluding hydrogens is 194 g/mol. The number of aliphatic hydroxyl groups excluding tert-OH is 1. The summed E-state index contributed by atoms with van der Waals surface area (Å²) in [5.74, 6) is 0.490. The summed E-state index contributed by atoms with van der Waals surface area (Å²) >= 11 is 3.28. The molecule has 1 fully saturated rings. The number of nitrogens with zero attached hydrogens (tertiary/aromatic N) is 1. The summed E-state index contributed by atoms with van der Waals surface area (Å²) < 4.78 is 0. The first-order valence-electron chi connectivity index (χ1n) is 3.66. The van der Waals surface area contributed by atoms with E-state index in [4.69, 9.17) is 0 Å². The lowest BCUT2D eigenvalue weighted by molar-refractivity contribution is 0.135. The standard InChI is InChI=1S/C7H14BrNO/c1-9-3-2-6(5-9)7(10)4-8/h6-7,10H,2-5H2,1H3.